The maximum Gasteiger partial charge on any atom is 0.116 e. The van der Waals surface area contributed by atoms with E-state index in [4.69, 9.17) is 9.84 Å². The van der Waals surface area contributed by atoms with Crippen LogP contribution >= 0.6 is 0 Å². The van der Waals surface area contributed by atoms with Crippen LogP contribution in [0, 0.1) is 0 Å². The summed E-state index contributed by atoms with van der Waals surface area (Å²) in [6, 6.07) is 1.95. The highest BCUT2D eigenvalue weighted by Crippen LogP contribution is 2.10. The van der Waals surface area contributed by atoms with Gasteiger partial charge in [-0.3, -0.25) is 0 Å². The quantitative estimate of drug-likeness (QED) is 0.723. The molecule has 0 aliphatic rings. The lowest BCUT2D eigenvalue weighted by atomic mass is 10.5. The van der Waals surface area contributed by atoms with E-state index in [9.17, 15) is 0 Å². The van der Waals surface area contributed by atoms with Crippen LogP contribution in [0.15, 0.2) is 24.8 Å². The fourth-order valence-corrected chi connectivity index (χ4v) is 1.45. The monoisotopic (exact) mass is 207 g/mol. The predicted octanol–water partition coefficient (Wildman–Crippen LogP) is 0.440. The van der Waals surface area contributed by atoms with Crippen LogP contribution in [0.2, 0.25) is 0 Å². The van der Waals surface area contributed by atoms with Crippen molar-refractivity contribution in [1.29, 1.82) is 0 Å². The van der Waals surface area contributed by atoms with Crippen molar-refractivity contribution < 1.29 is 9.84 Å². The first kappa shape index (κ1) is 10.1. The Labute approximate surface area is 87.3 Å². The summed E-state index contributed by atoms with van der Waals surface area (Å²) in [6.45, 7) is 1.78. The molecule has 5 nitrogen and oxygen atoms in total. The Balaban J connectivity index is 2.02. The number of aliphatic hydroxyl groups excluding tert-OH is 1. The number of nitrogens with zero attached hydrogens (tertiary/aromatic N) is 3. The number of aromatic nitrogens is 3. The smallest absolute Gasteiger partial charge is 0.116 e. The van der Waals surface area contributed by atoms with Crippen LogP contribution in [0.3, 0.4) is 0 Å². The van der Waals surface area contributed by atoms with E-state index in [0.717, 1.165) is 17.6 Å². The first-order valence-electron chi connectivity index (χ1n) is 4.85. The minimum atomic E-state index is 0.0650. The van der Waals surface area contributed by atoms with Crippen molar-refractivity contribution in [2.24, 2.45) is 0 Å². The SMILES string of the molecule is OCCOCCn1ccc2ncncc21. The van der Waals surface area contributed by atoms with Crippen LogP contribution in [0.1, 0.15) is 0 Å². The second-order valence-corrected chi connectivity index (χ2v) is 3.14. The molecule has 0 saturated carbocycles. The second kappa shape index (κ2) is 4.86. The van der Waals surface area contributed by atoms with E-state index in [0.29, 0.717) is 13.2 Å². The van der Waals surface area contributed by atoms with Crippen molar-refractivity contribution in [3.63, 3.8) is 0 Å². The van der Waals surface area contributed by atoms with Gasteiger partial charge in [-0.25, -0.2) is 9.97 Å². The molecule has 1 N–H and O–H groups in total. The van der Waals surface area contributed by atoms with E-state index in [2.05, 4.69) is 9.97 Å². The largest absolute Gasteiger partial charge is 0.394 e. The predicted molar refractivity (Wildman–Crippen MR) is 55.4 cm³/mol. The van der Waals surface area contributed by atoms with E-state index in [1.54, 1.807) is 6.20 Å². The molecule has 0 spiro atoms. The van der Waals surface area contributed by atoms with Gasteiger partial charge in [0.1, 0.15) is 6.33 Å². The lowest BCUT2D eigenvalue weighted by Gasteiger charge is -2.04. The minimum Gasteiger partial charge on any atom is -0.394 e. The maximum absolute atomic E-state index is 8.54. The highest BCUT2D eigenvalue weighted by molar-refractivity contribution is 5.74. The number of rotatable bonds is 5. The first-order valence-corrected chi connectivity index (χ1v) is 4.85. The van der Waals surface area contributed by atoms with Crippen LogP contribution in [0.25, 0.3) is 11.0 Å². The van der Waals surface area contributed by atoms with Gasteiger partial charge in [-0.2, -0.15) is 0 Å². The van der Waals surface area contributed by atoms with Gasteiger partial charge in [0.25, 0.3) is 0 Å². The van der Waals surface area contributed by atoms with Crippen molar-refractivity contribution in [1.82, 2.24) is 14.5 Å². The highest BCUT2D eigenvalue weighted by atomic mass is 16.5. The van der Waals surface area contributed by atoms with Crippen LogP contribution in [-0.4, -0.2) is 39.5 Å². The molecule has 2 aromatic rings. The number of hydrogen-bond donors (Lipinski definition) is 1. The minimum absolute atomic E-state index is 0.0650. The molecule has 0 fully saturated rings. The molecule has 2 heterocycles. The standard InChI is InChI=1S/C10H13N3O2/c14-4-6-15-5-3-13-2-1-9-10(13)7-11-8-12-9/h1-2,7-8,14H,3-6H2. The Hall–Kier alpha value is -1.46. The molecular formula is C10H13N3O2. The topological polar surface area (TPSA) is 60.2 Å². The molecule has 0 saturated heterocycles. The number of ether oxygens (including phenoxy) is 1. The van der Waals surface area contributed by atoms with Gasteiger partial charge in [0.05, 0.1) is 37.1 Å². The Bertz CT molecular complexity index is 427. The van der Waals surface area contributed by atoms with Crippen molar-refractivity contribution in [2.45, 2.75) is 6.54 Å². The second-order valence-electron chi connectivity index (χ2n) is 3.14. The summed E-state index contributed by atoms with van der Waals surface area (Å²) in [6.07, 6.45) is 5.28. The lowest BCUT2D eigenvalue weighted by Crippen LogP contribution is -2.07. The molecule has 80 valence electrons. The summed E-state index contributed by atoms with van der Waals surface area (Å²) < 4.78 is 7.23. The van der Waals surface area contributed by atoms with Gasteiger partial charge in [0.2, 0.25) is 0 Å². The van der Waals surface area contributed by atoms with E-state index < -0.39 is 0 Å². The first-order chi connectivity index (χ1) is 7.42. The van der Waals surface area contributed by atoms with E-state index in [1.807, 2.05) is 16.8 Å². The number of aliphatic hydroxyl groups is 1. The average molecular weight is 207 g/mol. The summed E-state index contributed by atoms with van der Waals surface area (Å²) in [5, 5.41) is 8.54. The van der Waals surface area contributed by atoms with E-state index >= 15 is 0 Å². The summed E-state index contributed by atoms with van der Waals surface area (Å²) in [4.78, 5) is 8.11. The average Bonchev–Trinajstić information content (AvgIpc) is 2.68. The molecule has 0 amide bonds. The Kier molecular flexibility index (Phi) is 3.26. The molecule has 2 rings (SSSR count). The van der Waals surface area contributed by atoms with Crippen LogP contribution in [-0.2, 0) is 11.3 Å². The summed E-state index contributed by atoms with van der Waals surface area (Å²) in [5.74, 6) is 0. The molecule has 5 heteroatoms. The molecule has 0 aromatic carbocycles. The Morgan fingerprint density at radius 1 is 1.40 bits per heavy atom. The molecule has 2 aromatic heterocycles. The summed E-state index contributed by atoms with van der Waals surface area (Å²) >= 11 is 0. The third kappa shape index (κ3) is 2.31. The number of fused-ring (bicyclic) bond motifs is 1. The number of hydrogen-bond acceptors (Lipinski definition) is 4. The normalized spacial score (nSPS) is 11.0. The molecule has 0 unspecified atom stereocenters. The lowest BCUT2D eigenvalue weighted by molar-refractivity contribution is 0.0875. The van der Waals surface area contributed by atoms with Gasteiger partial charge in [0.15, 0.2) is 0 Å². The van der Waals surface area contributed by atoms with Gasteiger partial charge < -0.3 is 14.4 Å². The van der Waals surface area contributed by atoms with Gasteiger partial charge in [-0.1, -0.05) is 0 Å². The fraction of sp³-hybridized carbons (Fsp3) is 0.400. The van der Waals surface area contributed by atoms with Gasteiger partial charge in [-0.05, 0) is 6.07 Å². The fourth-order valence-electron chi connectivity index (χ4n) is 1.45. The Morgan fingerprint density at radius 2 is 2.33 bits per heavy atom. The van der Waals surface area contributed by atoms with Gasteiger partial charge in [-0.15, -0.1) is 0 Å². The maximum atomic E-state index is 8.54. The molecular weight excluding hydrogens is 194 g/mol. The zero-order chi connectivity index (χ0) is 10.5. The molecule has 0 aliphatic heterocycles. The third-order valence-electron chi connectivity index (χ3n) is 2.16. The zero-order valence-corrected chi connectivity index (χ0v) is 8.33. The van der Waals surface area contributed by atoms with Crippen molar-refractivity contribution in [3.05, 3.63) is 24.8 Å². The van der Waals surface area contributed by atoms with Crippen molar-refractivity contribution in [2.75, 3.05) is 19.8 Å². The van der Waals surface area contributed by atoms with E-state index in [1.165, 1.54) is 6.33 Å². The summed E-state index contributed by atoms with van der Waals surface area (Å²) in [7, 11) is 0. The van der Waals surface area contributed by atoms with Crippen molar-refractivity contribution in [3.8, 4) is 0 Å². The van der Waals surface area contributed by atoms with E-state index in [-0.39, 0.29) is 6.61 Å². The van der Waals surface area contributed by atoms with Crippen LogP contribution in [0.5, 0.6) is 0 Å². The van der Waals surface area contributed by atoms with Crippen LogP contribution in [0.4, 0.5) is 0 Å². The Morgan fingerprint density at radius 3 is 3.20 bits per heavy atom. The zero-order valence-electron chi connectivity index (χ0n) is 8.33. The molecule has 0 radical (unpaired) electrons. The summed E-state index contributed by atoms with van der Waals surface area (Å²) in [5.41, 5.74) is 1.94. The van der Waals surface area contributed by atoms with Crippen molar-refractivity contribution >= 4 is 11.0 Å². The van der Waals surface area contributed by atoms with Gasteiger partial charge >= 0.3 is 0 Å². The molecule has 0 atom stereocenters. The molecule has 0 bridgehead atoms. The molecule has 0 aliphatic carbocycles. The van der Waals surface area contributed by atoms with Crippen LogP contribution < -0.4 is 0 Å². The highest BCUT2D eigenvalue weighted by Gasteiger charge is 2.00. The molecule has 15 heavy (non-hydrogen) atoms. The third-order valence-corrected chi connectivity index (χ3v) is 2.16. The van der Waals surface area contributed by atoms with Gasteiger partial charge in [0, 0.05) is 12.7 Å².